The number of rotatable bonds is 0. The van der Waals surface area contributed by atoms with Crippen LogP contribution in [0, 0.1) is 17.6 Å². The first-order chi connectivity index (χ1) is 6.95. The molecule has 0 aliphatic heterocycles. The van der Waals surface area contributed by atoms with Crippen LogP contribution < -0.4 is 0 Å². The molecule has 0 atom stereocenters. The summed E-state index contributed by atoms with van der Waals surface area (Å²) in [5.74, 6) is 0. The summed E-state index contributed by atoms with van der Waals surface area (Å²) in [6.07, 6.45) is 13.4. The summed E-state index contributed by atoms with van der Waals surface area (Å²) in [7, 11) is 0. The van der Waals surface area contributed by atoms with Crippen LogP contribution in [0.3, 0.4) is 0 Å². The summed E-state index contributed by atoms with van der Waals surface area (Å²) in [5.41, 5.74) is 4.39. The van der Waals surface area contributed by atoms with Crippen LogP contribution in [0.15, 0.2) is 34.9 Å². The monoisotopic (exact) mass is 290 g/mol. The Kier molecular flexibility index (Phi) is 6.48. The third kappa shape index (κ3) is 4.02. The van der Waals surface area contributed by atoms with Crippen molar-refractivity contribution in [3.8, 4) is 0 Å². The first-order valence-electron chi connectivity index (χ1n) is 5.47. The smallest absolute Gasteiger partial charge is 0.273 e. The second-order valence-electron chi connectivity index (χ2n) is 4.63. The summed E-state index contributed by atoms with van der Waals surface area (Å²) in [6.45, 7) is 10.9. The Bertz CT molecular complexity index is 342. The first-order valence-corrected chi connectivity index (χ1v) is 5.47. The fraction of sp³-hybridized carbons (Fsp3) is 0.467. The van der Waals surface area contributed by atoms with Crippen LogP contribution in [0.2, 0.25) is 0 Å². The maximum absolute atomic E-state index is 3.44. The standard InChI is InChI=1S/C10H15.C5H5.Zr/c1-7-6-10(4,5)9(3)8(7)2;1-2-4-5-3-1;/h1-5H3;1-3H,4H2;/q2*-1;+2. The minimum absolute atomic E-state index is 0. The van der Waals surface area contributed by atoms with Gasteiger partial charge in [-0.15, -0.1) is 13.3 Å². The van der Waals surface area contributed by atoms with Gasteiger partial charge >= 0.3 is 26.2 Å². The average Bonchev–Trinajstić information content (AvgIpc) is 2.76. The zero-order chi connectivity index (χ0) is 11.5. The largest absolute Gasteiger partial charge is 2.00 e. The maximum atomic E-state index is 3.44. The van der Waals surface area contributed by atoms with Crippen molar-refractivity contribution in [2.24, 2.45) is 5.41 Å². The quantitative estimate of drug-likeness (QED) is 0.580. The summed E-state index contributed by atoms with van der Waals surface area (Å²) in [6, 6.07) is 0. The fourth-order valence-electron chi connectivity index (χ4n) is 1.75. The maximum Gasteiger partial charge on any atom is 2.00 e. The molecule has 0 bridgehead atoms. The number of hydrogen-bond donors (Lipinski definition) is 0. The van der Waals surface area contributed by atoms with E-state index < -0.39 is 0 Å². The third-order valence-electron chi connectivity index (χ3n) is 3.15. The molecule has 0 nitrogen and oxygen atoms in total. The van der Waals surface area contributed by atoms with Crippen molar-refractivity contribution in [1.82, 2.24) is 0 Å². The number of allylic oxidation sites excluding steroid dienone is 8. The van der Waals surface area contributed by atoms with Crippen molar-refractivity contribution in [2.45, 2.75) is 41.0 Å². The van der Waals surface area contributed by atoms with Gasteiger partial charge in [-0.2, -0.15) is 17.2 Å². The molecule has 0 amide bonds. The van der Waals surface area contributed by atoms with E-state index >= 15 is 0 Å². The van der Waals surface area contributed by atoms with E-state index in [1.165, 1.54) is 16.7 Å². The molecule has 0 saturated carbocycles. The Balaban J connectivity index is 0.000000318. The van der Waals surface area contributed by atoms with Gasteiger partial charge in [0.15, 0.2) is 0 Å². The van der Waals surface area contributed by atoms with Crippen molar-refractivity contribution in [3.05, 3.63) is 47.1 Å². The first kappa shape index (κ1) is 15.8. The predicted molar refractivity (Wildman–Crippen MR) is 66.2 cm³/mol. The van der Waals surface area contributed by atoms with Crippen molar-refractivity contribution >= 4 is 0 Å². The second-order valence-corrected chi connectivity index (χ2v) is 4.63. The molecule has 2 rings (SSSR count). The van der Waals surface area contributed by atoms with Gasteiger partial charge in [-0.1, -0.05) is 33.1 Å². The van der Waals surface area contributed by atoms with Crippen molar-refractivity contribution in [2.75, 3.05) is 0 Å². The molecule has 0 fully saturated rings. The van der Waals surface area contributed by atoms with Crippen LogP contribution in [-0.4, -0.2) is 0 Å². The Morgan fingerprint density at radius 2 is 1.81 bits per heavy atom. The molecule has 2 aliphatic rings. The molecule has 1 heteroatoms. The molecule has 0 spiro atoms. The molecular weight excluding hydrogens is 271 g/mol. The SMILES string of the molecule is CC1=[C-]C(C)(C)C(C)=C1C.[C-]1=CC=CC1.[Zr+2]. The van der Waals surface area contributed by atoms with E-state index in [0.717, 1.165) is 6.42 Å². The number of hydrogen-bond acceptors (Lipinski definition) is 0. The molecule has 16 heavy (non-hydrogen) atoms. The Labute approximate surface area is 119 Å². The molecule has 0 unspecified atom stereocenters. The summed E-state index contributed by atoms with van der Waals surface area (Å²) < 4.78 is 0. The van der Waals surface area contributed by atoms with Crippen molar-refractivity contribution < 1.29 is 26.2 Å². The average molecular weight is 292 g/mol. The van der Waals surface area contributed by atoms with Gasteiger partial charge in [0, 0.05) is 0 Å². The van der Waals surface area contributed by atoms with Crippen LogP contribution in [0.4, 0.5) is 0 Å². The summed E-state index contributed by atoms with van der Waals surface area (Å²) in [5, 5.41) is 0. The predicted octanol–water partition coefficient (Wildman–Crippen LogP) is 4.42. The van der Waals surface area contributed by atoms with Gasteiger partial charge in [-0.3, -0.25) is 12.2 Å². The van der Waals surface area contributed by atoms with Gasteiger partial charge in [0.05, 0.1) is 0 Å². The van der Waals surface area contributed by atoms with Gasteiger partial charge in [0.2, 0.25) is 0 Å². The Hall–Kier alpha value is -0.157. The van der Waals surface area contributed by atoms with Crippen LogP contribution in [-0.2, 0) is 26.2 Å². The fourth-order valence-corrected chi connectivity index (χ4v) is 1.75. The van der Waals surface area contributed by atoms with Gasteiger partial charge in [-0.05, 0) is 0 Å². The van der Waals surface area contributed by atoms with E-state index in [2.05, 4.69) is 52.8 Å². The van der Waals surface area contributed by atoms with Crippen LogP contribution >= 0.6 is 0 Å². The molecule has 84 valence electrons. The van der Waals surface area contributed by atoms with E-state index in [4.69, 9.17) is 0 Å². The Morgan fingerprint density at radius 3 is 1.94 bits per heavy atom. The van der Waals surface area contributed by atoms with E-state index in [0.29, 0.717) is 0 Å². The van der Waals surface area contributed by atoms with Gasteiger partial charge in [0.25, 0.3) is 0 Å². The molecule has 0 radical (unpaired) electrons. The molecule has 0 heterocycles. The molecule has 0 aromatic rings. The van der Waals surface area contributed by atoms with Gasteiger partial charge < -0.3 is 0 Å². The minimum atomic E-state index is 0. The van der Waals surface area contributed by atoms with E-state index in [9.17, 15) is 0 Å². The second kappa shape index (κ2) is 6.55. The summed E-state index contributed by atoms with van der Waals surface area (Å²) in [4.78, 5) is 0. The van der Waals surface area contributed by atoms with Gasteiger partial charge in [-0.25, -0.2) is 17.7 Å². The van der Waals surface area contributed by atoms with Crippen LogP contribution in [0.1, 0.15) is 41.0 Å². The third-order valence-corrected chi connectivity index (χ3v) is 3.15. The zero-order valence-electron chi connectivity index (χ0n) is 10.9. The zero-order valence-corrected chi connectivity index (χ0v) is 13.4. The van der Waals surface area contributed by atoms with E-state index in [1.54, 1.807) is 0 Å². The molecule has 0 N–H and O–H groups in total. The Morgan fingerprint density at radius 1 is 1.19 bits per heavy atom. The van der Waals surface area contributed by atoms with E-state index in [1.807, 2.05) is 12.2 Å². The van der Waals surface area contributed by atoms with Crippen molar-refractivity contribution in [3.63, 3.8) is 0 Å². The minimum Gasteiger partial charge on any atom is -0.273 e. The molecular formula is C15H20Zr. The topological polar surface area (TPSA) is 0 Å². The molecule has 0 aromatic carbocycles. The molecule has 0 saturated heterocycles. The summed E-state index contributed by atoms with van der Waals surface area (Å²) >= 11 is 0. The normalized spacial score (nSPS) is 20.2. The van der Waals surface area contributed by atoms with Crippen LogP contribution in [0.25, 0.3) is 0 Å². The molecule has 0 aromatic heterocycles. The van der Waals surface area contributed by atoms with E-state index in [-0.39, 0.29) is 31.6 Å². The van der Waals surface area contributed by atoms with Crippen LogP contribution in [0.5, 0.6) is 0 Å². The van der Waals surface area contributed by atoms with Gasteiger partial charge in [0.1, 0.15) is 0 Å². The van der Waals surface area contributed by atoms with Crippen molar-refractivity contribution in [1.29, 1.82) is 0 Å². The molecule has 2 aliphatic carbocycles.